The lowest BCUT2D eigenvalue weighted by molar-refractivity contribution is -0.274. The highest BCUT2D eigenvalue weighted by Crippen LogP contribution is 2.42. The number of hydrogen-bond acceptors (Lipinski definition) is 4. The van der Waals surface area contributed by atoms with E-state index in [4.69, 9.17) is 0 Å². The van der Waals surface area contributed by atoms with Crippen LogP contribution in [0.15, 0.2) is 30.6 Å². The molecule has 2 heterocycles. The van der Waals surface area contributed by atoms with Crippen molar-refractivity contribution in [2.24, 2.45) is 0 Å². The van der Waals surface area contributed by atoms with Gasteiger partial charge in [-0.05, 0) is 68.7 Å². The number of alkyl halides is 3. The second-order valence-corrected chi connectivity index (χ2v) is 8.27. The molecule has 2 fully saturated rings. The largest absolute Gasteiger partial charge is 0.573 e. The summed E-state index contributed by atoms with van der Waals surface area (Å²) in [5, 5.41) is 0. The number of halogens is 3. The van der Waals surface area contributed by atoms with Gasteiger partial charge in [0.2, 0.25) is 0 Å². The Bertz CT molecular complexity index is 918. The summed E-state index contributed by atoms with van der Waals surface area (Å²) in [4.78, 5) is 22.9. The first-order chi connectivity index (χ1) is 14.2. The summed E-state index contributed by atoms with van der Waals surface area (Å²) in [5.41, 5.74) is 2.09. The zero-order valence-corrected chi connectivity index (χ0v) is 16.9. The molecule has 1 saturated heterocycles. The molecular weight excluding hydrogens is 395 g/mol. The molecular formula is C22H24F3N3O2. The molecule has 4 rings (SSSR count). The van der Waals surface area contributed by atoms with E-state index in [0.29, 0.717) is 30.1 Å². The maximum Gasteiger partial charge on any atom is 0.573 e. The molecule has 1 aromatic heterocycles. The number of rotatable bonds is 6. The molecule has 2 atom stereocenters. The van der Waals surface area contributed by atoms with Crippen LogP contribution in [0, 0.1) is 0 Å². The average molecular weight is 419 g/mol. The van der Waals surface area contributed by atoms with Crippen LogP contribution in [0.5, 0.6) is 5.75 Å². The first-order valence-electron chi connectivity index (χ1n) is 10.2. The van der Waals surface area contributed by atoms with Gasteiger partial charge in [-0.3, -0.25) is 4.79 Å². The van der Waals surface area contributed by atoms with Gasteiger partial charge in [-0.2, -0.15) is 0 Å². The smallest absolute Gasteiger partial charge is 0.406 e. The molecule has 0 bridgehead atoms. The third kappa shape index (κ3) is 4.74. The first-order valence-corrected chi connectivity index (χ1v) is 10.2. The minimum absolute atomic E-state index is 0.0705. The van der Waals surface area contributed by atoms with Gasteiger partial charge in [-0.15, -0.1) is 13.2 Å². The fourth-order valence-corrected chi connectivity index (χ4v) is 4.09. The molecule has 5 nitrogen and oxygen atoms in total. The fourth-order valence-electron chi connectivity index (χ4n) is 4.09. The van der Waals surface area contributed by atoms with Crippen LogP contribution < -0.4 is 4.74 Å². The zero-order valence-electron chi connectivity index (χ0n) is 16.9. The summed E-state index contributed by atoms with van der Waals surface area (Å²) in [6, 6.07) is 5.27. The van der Waals surface area contributed by atoms with Crippen molar-refractivity contribution in [2.45, 2.75) is 70.3 Å². The summed E-state index contributed by atoms with van der Waals surface area (Å²) in [5.74, 6) is 0.611. The van der Waals surface area contributed by atoms with Crippen molar-refractivity contribution >= 4 is 5.91 Å². The van der Waals surface area contributed by atoms with Gasteiger partial charge >= 0.3 is 6.36 Å². The van der Waals surface area contributed by atoms with Gasteiger partial charge in [-0.1, -0.05) is 6.07 Å². The molecule has 1 saturated carbocycles. The Labute approximate surface area is 173 Å². The molecule has 1 amide bonds. The van der Waals surface area contributed by atoms with Crippen LogP contribution in [0.1, 0.15) is 66.3 Å². The number of carbonyl (C=O) groups is 1. The number of nitrogens with zero attached hydrogens (tertiary/aromatic N) is 3. The van der Waals surface area contributed by atoms with E-state index < -0.39 is 6.36 Å². The number of ether oxygens (including phenoxy) is 1. The molecule has 0 spiro atoms. The predicted octanol–water partition coefficient (Wildman–Crippen LogP) is 4.66. The third-order valence-corrected chi connectivity index (χ3v) is 5.73. The number of benzene rings is 1. The molecule has 0 radical (unpaired) electrons. The van der Waals surface area contributed by atoms with Crippen molar-refractivity contribution in [2.75, 3.05) is 0 Å². The molecule has 1 aliphatic heterocycles. The highest BCUT2D eigenvalue weighted by atomic mass is 19.4. The van der Waals surface area contributed by atoms with Gasteiger partial charge in [0.15, 0.2) is 0 Å². The second-order valence-electron chi connectivity index (χ2n) is 8.27. The summed E-state index contributed by atoms with van der Waals surface area (Å²) in [6.07, 6.45) is 2.26. The lowest BCUT2D eigenvalue weighted by Gasteiger charge is -2.45. The van der Waals surface area contributed by atoms with E-state index in [1.807, 2.05) is 24.8 Å². The number of likely N-dealkylation sites (tertiary alicyclic amines) is 1. The number of aryl methyl sites for hydroxylation is 2. The van der Waals surface area contributed by atoms with Crippen LogP contribution in [-0.2, 0) is 12.8 Å². The Balaban J connectivity index is 1.42. The maximum atomic E-state index is 12.6. The fraction of sp³-hybridized carbons (Fsp3) is 0.500. The molecule has 30 heavy (non-hydrogen) atoms. The van der Waals surface area contributed by atoms with Crippen molar-refractivity contribution in [1.82, 2.24) is 14.9 Å². The highest BCUT2D eigenvalue weighted by molar-refractivity contribution is 5.94. The van der Waals surface area contributed by atoms with Crippen LogP contribution in [-0.4, -0.2) is 39.2 Å². The molecule has 2 aromatic rings. The number of hydrogen-bond donors (Lipinski definition) is 0. The summed E-state index contributed by atoms with van der Waals surface area (Å²) in [6.45, 7) is 4.03. The van der Waals surface area contributed by atoms with Crippen LogP contribution in [0.2, 0.25) is 0 Å². The van der Waals surface area contributed by atoms with Gasteiger partial charge in [0.1, 0.15) is 11.6 Å². The third-order valence-electron chi connectivity index (χ3n) is 5.73. The SMILES string of the molecule is C[C@@H]1C[C@H](C)N1C(=O)c1cnc(CCc2cc(OC(F)(F)F)cc(C3CC3)c2)nc1. The Kier molecular flexibility index (Phi) is 5.42. The minimum atomic E-state index is -4.71. The van der Waals surface area contributed by atoms with E-state index in [1.54, 1.807) is 0 Å². The zero-order chi connectivity index (χ0) is 21.5. The Morgan fingerprint density at radius 3 is 2.33 bits per heavy atom. The van der Waals surface area contributed by atoms with Gasteiger partial charge < -0.3 is 9.64 Å². The lowest BCUT2D eigenvalue weighted by atomic mass is 9.95. The van der Waals surface area contributed by atoms with Gasteiger partial charge in [-0.25, -0.2) is 9.97 Å². The molecule has 0 N–H and O–H groups in total. The van der Waals surface area contributed by atoms with Gasteiger partial charge in [0, 0.05) is 30.9 Å². The molecule has 8 heteroatoms. The van der Waals surface area contributed by atoms with E-state index in [9.17, 15) is 18.0 Å². The van der Waals surface area contributed by atoms with Gasteiger partial charge in [0.05, 0.1) is 5.56 Å². The Morgan fingerprint density at radius 2 is 1.77 bits per heavy atom. The normalized spacial score (nSPS) is 21.3. The van der Waals surface area contributed by atoms with E-state index in [0.717, 1.165) is 30.4 Å². The molecule has 0 unspecified atom stereocenters. The van der Waals surface area contributed by atoms with E-state index in [1.165, 1.54) is 24.5 Å². The van der Waals surface area contributed by atoms with Crippen LogP contribution in [0.3, 0.4) is 0 Å². The standard InChI is InChI=1S/C22H24F3N3O2/c1-13-7-14(2)28(13)21(29)18-11-26-20(27-12-18)6-3-15-8-17(16-4-5-16)10-19(9-15)30-22(23,24)25/h8-14,16H,3-7H2,1-2H3/t13-,14+. The number of aromatic nitrogens is 2. The predicted molar refractivity (Wildman–Crippen MR) is 104 cm³/mol. The topological polar surface area (TPSA) is 55.3 Å². The Hall–Kier alpha value is -2.64. The molecule has 1 aromatic carbocycles. The number of amides is 1. The lowest BCUT2D eigenvalue weighted by Crippen LogP contribution is -2.55. The monoisotopic (exact) mass is 419 g/mol. The van der Waals surface area contributed by atoms with E-state index >= 15 is 0 Å². The summed E-state index contributed by atoms with van der Waals surface area (Å²) < 4.78 is 42.0. The van der Waals surface area contributed by atoms with Crippen molar-refractivity contribution in [3.63, 3.8) is 0 Å². The molecule has 2 aliphatic rings. The van der Waals surface area contributed by atoms with E-state index in [-0.39, 0.29) is 23.7 Å². The van der Waals surface area contributed by atoms with Crippen molar-refractivity contribution in [1.29, 1.82) is 0 Å². The highest BCUT2D eigenvalue weighted by Gasteiger charge is 2.36. The van der Waals surface area contributed by atoms with Crippen LogP contribution in [0.4, 0.5) is 13.2 Å². The van der Waals surface area contributed by atoms with E-state index in [2.05, 4.69) is 14.7 Å². The minimum Gasteiger partial charge on any atom is -0.406 e. The molecule has 160 valence electrons. The van der Waals surface area contributed by atoms with Crippen LogP contribution in [0.25, 0.3) is 0 Å². The number of carbonyl (C=O) groups excluding carboxylic acids is 1. The maximum absolute atomic E-state index is 12.6. The first kappa shape index (κ1) is 20.6. The molecule has 1 aliphatic carbocycles. The second kappa shape index (κ2) is 7.89. The van der Waals surface area contributed by atoms with Crippen molar-refractivity contribution in [3.05, 3.63) is 53.1 Å². The van der Waals surface area contributed by atoms with Crippen molar-refractivity contribution < 1.29 is 22.7 Å². The summed E-state index contributed by atoms with van der Waals surface area (Å²) in [7, 11) is 0. The Morgan fingerprint density at radius 1 is 1.10 bits per heavy atom. The summed E-state index contributed by atoms with van der Waals surface area (Å²) >= 11 is 0. The van der Waals surface area contributed by atoms with Gasteiger partial charge in [0.25, 0.3) is 5.91 Å². The quantitative estimate of drug-likeness (QED) is 0.683. The van der Waals surface area contributed by atoms with Crippen molar-refractivity contribution in [3.8, 4) is 5.75 Å². The van der Waals surface area contributed by atoms with Crippen LogP contribution >= 0.6 is 0 Å². The average Bonchev–Trinajstić information content (AvgIpc) is 3.50.